The molecule has 0 amide bonds. The molecule has 2 bridgehead atoms. The molecule has 2 nitrogen and oxygen atoms in total. The predicted molar refractivity (Wildman–Crippen MR) is 37.8 cm³/mol. The van der Waals surface area contributed by atoms with Crippen LogP contribution in [0.4, 0.5) is 0 Å². The highest BCUT2D eigenvalue weighted by Gasteiger charge is 3.17. The molecule has 7 fully saturated rings. The lowest BCUT2D eigenvalue weighted by Gasteiger charge is -2.82. The molecule has 10 atom stereocenters. The van der Waals surface area contributed by atoms with E-state index in [1.54, 1.807) is 0 Å². The molecule has 12 heavy (non-hydrogen) atoms. The quantitative estimate of drug-likeness (QED) is 0.502. The Balaban J connectivity index is 1.80. The van der Waals surface area contributed by atoms with Crippen molar-refractivity contribution in [3.63, 3.8) is 0 Å². The first-order valence-corrected chi connectivity index (χ1v) is 5.17. The van der Waals surface area contributed by atoms with Crippen molar-refractivity contribution in [3.05, 3.63) is 0 Å². The molecule has 7 rings (SSSR count). The first-order valence-electron chi connectivity index (χ1n) is 5.17. The molecule has 7 aliphatic rings. The Labute approximate surface area is 69.6 Å². The minimum absolute atomic E-state index is 0.00553. The van der Waals surface area contributed by atoms with Gasteiger partial charge in [-0.15, -0.1) is 0 Å². The minimum Gasteiger partial charge on any atom is -0.392 e. The van der Waals surface area contributed by atoms with Crippen LogP contribution in [0.15, 0.2) is 0 Å². The summed E-state index contributed by atoms with van der Waals surface area (Å²) < 4.78 is 0. The molecule has 0 aromatic rings. The molecule has 7 aliphatic carbocycles. The summed E-state index contributed by atoms with van der Waals surface area (Å²) in [4.78, 5) is 0. The molecule has 7 saturated carbocycles. The molecule has 0 aliphatic heterocycles. The van der Waals surface area contributed by atoms with Crippen molar-refractivity contribution in [2.24, 2.45) is 46.3 Å². The van der Waals surface area contributed by atoms with E-state index in [4.69, 9.17) is 0 Å². The van der Waals surface area contributed by atoms with Crippen molar-refractivity contribution in [2.45, 2.75) is 12.2 Å². The largest absolute Gasteiger partial charge is 0.392 e. The maximum absolute atomic E-state index is 9.95. The first-order chi connectivity index (χ1) is 5.80. The molecular weight excluding hydrogens is 152 g/mol. The Hall–Kier alpha value is -0.0800. The summed E-state index contributed by atoms with van der Waals surface area (Å²) >= 11 is 0. The van der Waals surface area contributed by atoms with Gasteiger partial charge in [-0.3, -0.25) is 0 Å². The second-order valence-electron chi connectivity index (χ2n) is 6.02. The number of rotatable bonds is 0. The normalized spacial score (nSPS) is 104. The zero-order chi connectivity index (χ0) is 7.62. The van der Waals surface area contributed by atoms with Gasteiger partial charge in [0.15, 0.2) is 0 Å². The average Bonchev–Trinajstić information content (AvgIpc) is 2.45. The Morgan fingerprint density at radius 3 is 1.92 bits per heavy atom. The van der Waals surface area contributed by atoms with Gasteiger partial charge in [-0.25, -0.2) is 0 Å². The maximum Gasteiger partial charge on any atom is 0.0678 e. The predicted octanol–water partition coefficient (Wildman–Crippen LogP) is -0.540. The summed E-state index contributed by atoms with van der Waals surface area (Å²) in [6, 6.07) is 0. The SMILES string of the molecule is O[C@@H]1[C@H]2[C@@H]3[C@@H]4[C@H]1[C@]15[C@@H]2[C@@H]3[C@@]41[C@@H]5O. The molecule has 2 N–H and O–H groups in total. The van der Waals surface area contributed by atoms with Gasteiger partial charge in [0.05, 0.1) is 12.2 Å². The zero-order valence-corrected chi connectivity index (χ0v) is 6.51. The molecule has 2 heteroatoms. The third kappa shape index (κ3) is 0.141. The van der Waals surface area contributed by atoms with Crippen molar-refractivity contribution in [3.8, 4) is 0 Å². The van der Waals surface area contributed by atoms with Gasteiger partial charge >= 0.3 is 0 Å². The van der Waals surface area contributed by atoms with E-state index < -0.39 is 0 Å². The van der Waals surface area contributed by atoms with E-state index in [0.29, 0.717) is 22.7 Å². The van der Waals surface area contributed by atoms with Crippen LogP contribution >= 0.6 is 0 Å². The second kappa shape index (κ2) is 0.833. The van der Waals surface area contributed by atoms with E-state index in [9.17, 15) is 10.2 Å². The zero-order valence-electron chi connectivity index (χ0n) is 6.51. The smallest absolute Gasteiger partial charge is 0.0678 e. The molecule has 0 saturated heterocycles. The monoisotopic (exact) mass is 162 g/mol. The van der Waals surface area contributed by atoms with Gasteiger partial charge < -0.3 is 10.2 Å². The highest BCUT2D eigenvalue weighted by molar-refractivity contribution is 5.63. The summed E-state index contributed by atoms with van der Waals surface area (Å²) in [5.74, 6) is 4.51. The van der Waals surface area contributed by atoms with E-state index >= 15 is 0 Å². The standard InChI is InChI=1S/C10H10O2/c11-7-2-1-3-5(2)10-6(7)4(1)9(3,10)8(10)12/h1-8,11-12H/t1-,2-,3+,4+,5-,6+,7+,8-,9-,10-/m0/s1. The Kier molecular flexibility index (Phi) is 0.345. The first kappa shape index (κ1) is 4.97. The average molecular weight is 162 g/mol. The van der Waals surface area contributed by atoms with E-state index in [1.165, 1.54) is 0 Å². The number of hydrogen-bond donors (Lipinski definition) is 2. The summed E-state index contributed by atoms with van der Waals surface area (Å²) in [5.41, 5.74) is 0.752. The highest BCUT2D eigenvalue weighted by atomic mass is 16.3. The van der Waals surface area contributed by atoms with Crippen molar-refractivity contribution >= 4 is 0 Å². The van der Waals surface area contributed by atoms with Crippen LogP contribution in [0.3, 0.4) is 0 Å². The van der Waals surface area contributed by atoms with Crippen LogP contribution in [-0.2, 0) is 0 Å². The van der Waals surface area contributed by atoms with Gasteiger partial charge in [0.2, 0.25) is 0 Å². The van der Waals surface area contributed by atoms with Crippen LogP contribution in [0.1, 0.15) is 0 Å². The van der Waals surface area contributed by atoms with Gasteiger partial charge in [0.1, 0.15) is 0 Å². The van der Waals surface area contributed by atoms with E-state index in [-0.39, 0.29) is 12.2 Å². The van der Waals surface area contributed by atoms with Crippen LogP contribution in [0, 0.1) is 46.3 Å². The lowest BCUT2D eigenvalue weighted by Crippen LogP contribution is -2.81. The van der Waals surface area contributed by atoms with Gasteiger partial charge in [0.25, 0.3) is 0 Å². The summed E-state index contributed by atoms with van der Waals surface area (Å²) in [7, 11) is 0. The molecule has 2 spiro atoms. The number of aliphatic hydroxyl groups is 2. The summed E-state index contributed by atoms with van der Waals surface area (Å²) in [6.07, 6.45) is 0.0161. The Bertz CT molecular complexity index is 372. The highest BCUT2D eigenvalue weighted by Crippen LogP contribution is 3.15. The Morgan fingerprint density at radius 2 is 1.33 bits per heavy atom. The fourth-order valence-electron chi connectivity index (χ4n) is 7.40. The van der Waals surface area contributed by atoms with Crippen LogP contribution < -0.4 is 0 Å². The molecule has 62 valence electrons. The third-order valence-electron chi connectivity index (χ3n) is 7.00. The fraction of sp³-hybridized carbons (Fsp3) is 1.00. The van der Waals surface area contributed by atoms with Crippen molar-refractivity contribution in [1.82, 2.24) is 0 Å². The summed E-state index contributed by atoms with van der Waals surface area (Å²) in [5, 5.41) is 19.9. The van der Waals surface area contributed by atoms with E-state index in [2.05, 4.69) is 0 Å². The van der Waals surface area contributed by atoms with Crippen LogP contribution in [0.25, 0.3) is 0 Å². The molecule has 0 aromatic heterocycles. The minimum atomic E-state index is -0.00553. The Morgan fingerprint density at radius 1 is 0.750 bits per heavy atom. The van der Waals surface area contributed by atoms with Crippen molar-refractivity contribution in [1.29, 1.82) is 0 Å². The lowest BCUT2D eigenvalue weighted by atomic mass is 9.20. The molecule has 0 aromatic carbocycles. The maximum atomic E-state index is 9.95. The van der Waals surface area contributed by atoms with Gasteiger partial charge in [0, 0.05) is 10.8 Å². The number of aliphatic hydroxyl groups excluding tert-OH is 2. The summed E-state index contributed by atoms with van der Waals surface area (Å²) in [6.45, 7) is 0. The van der Waals surface area contributed by atoms with Crippen molar-refractivity contribution in [2.75, 3.05) is 0 Å². The molecule has 0 unspecified atom stereocenters. The topological polar surface area (TPSA) is 40.5 Å². The van der Waals surface area contributed by atoms with Gasteiger partial charge in [-0.1, -0.05) is 0 Å². The van der Waals surface area contributed by atoms with Crippen LogP contribution in [-0.4, -0.2) is 22.4 Å². The van der Waals surface area contributed by atoms with E-state index in [0.717, 1.165) is 23.7 Å². The van der Waals surface area contributed by atoms with Crippen molar-refractivity contribution < 1.29 is 10.2 Å². The molecule has 0 radical (unpaired) electrons. The second-order valence-corrected chi connectivity index (χ2v) is 6.02. The van der Waals surface area contributed by atoms with Gasteiger partial charge in [-0.05, 0) is 35.5 Å². The molecule has 0 heterocycles. The van der Waals surface area contributed by atoms with Crippen LogP contribution in [0.5, 0.6) is 0 Å². The molecular formula is C10H10O2. The lowest BCUT2D eigenvalue weighted by molar-refractivity contribution is -0.380. The van der Waals surface area contributed by atoms with E-state index in [1.807, 2.05) is 0 Å². The van der Waals surface area contributed by atoms with Crippen LogP contribution in [0.2, 0.25) is 0 Å². The fourth-order valence-corrected chi connectivity index (χ4v) is 7.40. The third-order valence-corrected chi connectivity index (χ3v) is 7.00. The number of hydrogen-bond acceptors (Lipinski definition) is 2. The van der Waals surface area contributed by atoms with Gasteiger partial charge in [-0.2, -0.15) is 0 Å².